The molecule has 0 aliphatic rings. The van der Waals surface area contributed by atoms with Gasteiger partial charge in [0.15, 0.2) is 4.73 Å². The number of nitrogens with one attached hydrogen (secondary N) is 1. The Kier molecular flexibility index (Phi) is 3.29. The van der Waals surface area contributed by atoms with Crippen LogP contribution in [0.15, 0.2) is 29.0 Å². The SMILES string of the molecule is CCOc1cccc(-c2nc(Br)[nH]c2C)c1. The van der Waals surface area contributed by atoms with Gasteiger partial charge < -0.3 is 9.72 Å². The van der Waals surface area contributed by atoms with E-state index in [1.807, 2.05) is 38.1 Å². The summed E-state index contributed by atoms with van der Waals surface area (Å²) in [6, 6.07) is 7.95. The number of H-pyrrole nitrogens is 1. The molecule has 4 heteroatoms. The van der Waals surface area contributed by atoms with Crippen LogP contribution in [0.2, 0.25) is 0 Å². The van der Waals surface area contributed by atoms with Crippen molar-refractivity contribution in [1.82, 2.24) is 9.97 Å². The normalized spacial score (nSPS) is 10.4. The lowest BCUT2D eigenvalue weighted by molar-refractivity contribution is 0.340. The lowest BCUT2D eigenvalue weighted by Crippen LogP contribution is -1.91. The van der Waals surface area contributed by atoms with Gasteiger partial charge in [-0.1, -0.05) is 12.1 Å². The van der Waals surface area contributed by atoms with Gasteiger partial charge in [0.1, 0.15) is 5.75 Å². The number of imidazole rings is 1. The van der Waals surface area contributed by atoms with E-state index in [-0.39, 0.29) is 0 Å². The Labute approximate surface area is 103 Å². The number of benzene rings is 1. The lowest BCUT2D eigenvalue weighted by Gasteiger charge is -2.04. The van der Waals surface area contributed by atoms with E-state index in [1.165, 1.54) is 0 Å². The maximum Gasteiger partial charge on any atom is 0.175 e. The smallest absolute Gasteiger partial charge is 0.175 e. The van der Waals surface area contributed by atoms with Gasteiger partial charge in [0.25, 0.3) is 0 Å². The van der Waals surface area contributed by atoms with Crippen molar-refractivity contribution in [2.24, 2.45) is 0 Å². The molecule has 84 valence electrons. The Morgan fingerprint density at radius 3 is 2.88 bits per heavy atom. The van der Waals surface area contributed by atoms with Gasteiger partial charge in [-0.25, -0.2) is 4.98 Å². The van der Waals surface area contributed by atoms with E-state index in [2.05, 4.69) is 25.9 Å². The first-order valence-corrected chi connectivity index (χ1v) is 5.95. The number of halogens is 1. The molecular weight excluding hydrogens is 268 g/mol. The Hall–Kier alpha value is -1.29. The maximum atomic E-state index is 5.46. The third-order valence-corrected chi connectivity index (χ3v) is 2.65. The molecule has 0 aliphatic heterocycles. The summed E-state index contributed by atoms with van der Waals surface area (Å²) in [5, 5.41) is 0. The third-order valence-electron chi connectivity index (χ3n) is 2.27. The average Bonchev–Trinajstić information content (AvgIpc) is 2.59. The molecule has 2 rings (SSSR count). The van der Waals surface area contributed by atoms with Crippen LogP contribution in [0.5, 0.6) is 5.75 Å². The Morgan fingerprint density at radius 2 is 2.25 bits per heavy atom. The van der Waals surface area contributed by atoms with E-state index < -0.39 is 0 Å². The number of aryl methyl sites for hydroxylation is 1. The third kappa shape index (κ3) is 2.27. The molecule has 3 nitrogen and oxygen atoms in total. The zero-order valence-electron chi connectivity index (χ0n) is 9.25. The molecule has 1 N–H and O–H groups in total. The zero-order valence-corrected chi connectivity index (χ0v) is 10.8. The van der Waals surface area contributed by atoms with Crippen molar-refractivity contribution in [1.29, 1.82) is 0 Å². The highest BCUT2D eigenvalue weighted by Crippen LogP contribution is 2.26. The molecule has 1 heterocycles. The molecule has 0 radical (unpaired) electrons. The first-order chi connectivity index (χ1) is 7.70. The van der Waals surface area contributed by atoms with Crippen LogP contribution < -0.4 is 4.74 Å². The first-order valence-electron chi connectivity index (χ1n) is 5.16. The number of aromatic nitrogens is 2. The number of ether oxygens (including phenoxy) is 1. The van der Waals surface area contributed by atoms with Crippen molar-refractivity contribution >= 4 is 15.9 Å². The van der Waals surface area contributed by atoms with Crippen molar-refractivity contribution in [2.75, 3.05) is 6.61 Å². The van der Waals surface area contributed by atoms with Gasteiger partial charge in [-0.15, -0.1) is 0 Å². The minimum atomic E-state index is 0.673. The van der Waals surface area contributed by atoms with Gasteiger partial charge in [-0.3, -0.25) is 0 Å². The fraction of sp³-hybridized carbons (Fsp3) is 0.250. The van der Waals surface area contributed by atoms with Crippen molar-refractivity contribution in [2.45, 2.75) is 13.8 Å². The molecule has 0 saturated carbocycles. The summed E-state index contributed by atoms with van der Waals surface area (Å²) in [6.07, 6.45) is 0. The Balaban J connectivity index is 2.40. The molecule has 2 aromatic rings. The largest absolute Gasteiger partial charge is 0.494 e. The van der Waals surface area contributed by atoms with Crippen molar-refractivity contribution in [3.63, 3.8) is 0 Å². The summed E-state index contributed by atoms with van der Waals surface area (Å²) in [4.78, 5) is 7.51. The Bertz CT molecular complexity index is 494. The first kappa shape index (κ1) is 11.2. The molecule has 0 spiro atoms. The second-order valence-electron chi connectivity index (χ2n) is 3.46. The molecule has 0 fully saturated rings. The second-order valence-corrected chi connectivity index (χ2v) is 4.21. The van der Waals surface area contributed by atoms with Crippen LogP contribution >= 0.6 is 15.9 Å². The molecule has 0 unspecified atom stereocenters. The summed E-state index contributed by atoms with van der Waals surface area (Å²) in [5.74, 6) is 0.874. The van der Waals surface area contributed by atoms with E-state index >= 15 is 0 Å². The van der Waals surface area contributed by atoms with Crippen LogP contribution in [-0.2, 0) is 0 Å². The standard InChI is InChI=1S/C12H13BrN2O/c1-3-16-10-6-4-5-9(7-10)11-8(2)14-12(13)15-11/h4-7H,3H2,1-2H3,(H,14,15). The highest BCUT2D eigenvalue weighted by Gasteiger charge is 2.08. The number of hydrogen-bond donors (Lipinski definition) is 1. The van der Waals surface area contributed by atoms with Gasteiger partial charge in [0.2, 0.25) is 0 Å². The van der Waals surface area contributed by atoms with Crippen LogP contribution in [0.3, 0.4) is 0 Å². The monoisotopic (exact) mass is 280 g/mol. The summed E-state index contributed by atoms with van der Waals surface area (Å²) in [6.45, 7) is 4.65. The van der Waals surface area contributed by atoms with E-state index in [9.17, 15) is 0 Å². The van der Waals surface area contributed by atoms with Crippen LogP contribution in [0.25, 0.3) is 11.3 Å². The molecule has 1 aromatic carbocycles. The summed E-state index contributed by atoms with van der Waals surface area (Å²) in [7, 11) is 0. The number of aromatic amines is 1. The second kappa shape index (κ2) is 4.70. The van der Waals surface area contributed by atoms with Crippen LogP contribution in [0, 0.1) is 6.92 Å². The van der Waals surface area contributed by atoms with E-state index in [0.717, 1.165) is 27.4 Å². The number of rotatable bonds is 3. The van der Waals surface area contributed by atoms with Gasteiger partial charge >= 0.3 is 0 Å². The quantitative estimate of drug-likeness (QED) is 0.934. The molecule has 0 atom stereocenters. The fourth-order valence-corrected chi connectivity index (χ4v) is 2.08. The van der Waals surface area contributed by atoms with Gasteiger partial charge in [0.05, 0.1) is 12.3 Å². The average molecular weight is 281 g/mol. The Morgan fingerprint density at radius 1 is 1.44 bits per heavy atom. The molecule has 16 heavy (non-hydrogen) atoms. The summed E-state index contributed by atoms with van der Waals surface area (Å²) < 4.78 is 6.22. The topological polar surface area (TPSA) is 37.9 Å². The zero-order chi connectivity index (χ0) is 11.5. The number of nitrogens with zero attached hydrogens (tertiary/aromatic N) is 1. The van der Waals surface area contributed by atoms with Crippen LogP contribution in [0.4, 0.5) is 0 Å². The van der Waals surface area contributed by atoms with Gasteiger partial charge in [0, 0.05) is 11.3 Å². The highest BCUT2D eigenvalue weighted by atomic mass is 79.9. The van der Waals surface area contributed by atoms with Gasteiger partial charge in [-0.05, 0) is 41.9 Å². The molecular formula is C12H13BrN2O. The summed E-state index contributed by atoms with van der Waals surface area (Å²) >= 11 is 3.33. The van der Waals surface area contributed by atoms with Crippen molar-refractivity contribution < 1.29 is 4.74 Å². The molecule has 0 saturated heterocycles. The van der Waals surface area contributed by atoms with Crippen LogP contribution in [0.1, 0.15) is 12.6 Å². The fourth-order valence-electron chi connectivity index (χ4n) is 1.60. The van der Waals surface area contributed by atoms with Crippen molar-refractivity contribution in [3.05, 3.63) is 34.7 Å². The highest BCUT2D eigenvalue weighted by molar-refractivity contribution is 9.10. The summed E-state index contributed by atoms with van der Waals surface area (Å²) in [5.41, 5.74) is 3.05. The molecule has 0 bridgehead atoms. The lowest BCUT2D eigenvalue weighted by atomic mass is 10.1. The van der Waals surface area contributed by atoms with E-state index in [0.29, 0.717) is 6.61 Å². The molecule has 0 amide bonds. The minimum Gasteiger partial charge on any atom is -0.494 e. The molecule has 1 aromatic heterocycles. The minimum absolute atomic E-state index is 0.673. The van der Waals surface area contributed by atoms with E-state index in [1.54, 1.807) is 0 Å². The van der Waals surface area contributed by atoms with E-state index in [4.69, 9.17) is 4.74 Å². The van der Waals surface area contributed by atoms with Crippen LogP contribution in [-0.4, -0.2) is 16.6 Å². The van der Waals surface area contributed by atoms with Gasteiger partial charge in [-0.2, -0.15) is 0 Å². The molecule has 0 aliphatic carbocycles. The predicted molar refractivity (Wildman–Crippen MR) is 67.6 cm³/mol. The number of hydrogen-bond acceptors (Lipinski definition) is 2. The van der Waals surface area contributed by atoms with Crippen molar-refractivity contribution in [3.8, 4) is 17.0 Å². The maximum absolute atomic E-state index is 5.46. The predicted octanol–water partition coefficient (Wildman–Crippen LogP) is 3.55.